The molecule has 0 spiro atoms. The molecular weight excluding hydrogens is 488 g/mol. The van der Waals surface area contributed by atoms with E-state index in [0.29, 0.717) is 12.1 Å². The lowest BCUT2D eigenvalue weighted by Crippen LogP contribution is -2.54. The SMILES string of the molecule is CCC(C(=O)NC1CCCCC1)N(Cc1ccc(C)cc1)C(=O)CN(c1ccccc1)S(=O)(=O)N(C)C. The summed E-state index contributed by atoms with van der Waals surface area (Å²) < 4.78 is 28.6. The molecule has 37 heavy (non-hydrogen) atoms. The summed E-state index contributed by atoms with van der Waals surface area (Å²) in [5.74, 6) is -0.614. The zero-order valence-corrected chi connectivity index (χ0v) is 23.2. The number of hydrogen-bond acceptors (Lipinski definition) is 4. The third kappa shape index (κ3) is 7.55. The van der Waals surface area contributed by atoms with Crippen molar-refractivity contribution >= 4 is 27.7 Å². The average molecular weight is 529 g/mol. The number of carbonyl (C=O) groups is 2. The largest absolute Gasteiger partial charge is 0.352 e. The van der Waals surface area contributed by atoms with E-state index in [0.717, 1.165) is 45.4 Å². The van der Waals surface area contributed by atoms with Crippen LogP contribution < -0.4 is 9.62 Å². The molecule has 0 aromatic heterocycles. The van der Waals surface area contributed by atoms with Crippen LogP contribution in [-0.4, -0.2) is 62.2 Å². The fourth-order valence-electron chi connectivity index (χ4n) is 4.67. The van der Waals surface area contributed by atoms with Gasteiger partial charge in [0.05, 0.1) is 5.69 Å². The van der Waals surface area contributed by atoms with E-state index in [2.05, 4.69) is 5.32 Å². The van der Waals surface area contributed by atoms with Gasteiger partial charge in [-0.1, -0.05) is 74.2 Å². The van der Waals surface area contributed by atoms with Crippen molar-refractivity contribution in [2.24, 2.45) is 0 Å². The molecule has 0 saturated heterocycles. The van der Waals surface area contributed by atoms with Crippen LogP contribution in [0.1, 0.15) is 56.6 Å². The van der Waals surface area contributed by atoms with E-state index in [1.165, 1.54) is 25.4 Å². The number of para-hydroxylation sites is 1. The number of nitrogens with one attached hydrogen (secondary N) is 1. The Kier molecular flexibility index (Phi) is 10.1. The van der Waals surface area contributed by atoms with Crippen LogP contribution in [0.2, 0.25) is 0 Å². The van der Waals surface area contributed by atoms with Gasteiger partial charge in [-0.2, -0.15) is 12.7 Å². The van der Waals surface area contributed by atoms with Crippen molar-refractivity contribution in [3.05, 3.63) is 65.7 Å². The molecule has 0 radical (unpaired) electrons. The van der Waals surface area contributed by atoms with Gasteiger partial charge < -0.3 is 10.2 Å². The third-order valence-corrected chi connectivity index (χ3v) is 8.69. The number of benzene rings is 2. The molecular formula is C28H40N4O4S. The smallest absolute Gasteiger partial charge is 0.304 e. The normalized spacial score (nSPS) is 15.3. The summed E-state index contributed by atoms with van der Waals surface area (Å²) >= 11 is 0. The van der Waals surface area contributed by atoms with E-state index in [1.54, 1.807) is 30.3 Å². The Hall–Kier alpha value is -2.91. The van der Waals surface area contributed by atoms with Gasteiger partial charge in [-0.05, 0) is 43.9 Å². The lowest BCUT2D eigenvalue weighted by atomic mass is 9.95. The number of aryl methyl sites for hydroxylation is 1. The van der Waals surface area contributed by atoms with Crippen LogP contribution in [0.4, 0.5) is 5.69 Å². The van der Waals surface area contributed by atoms with Crippen LogP contribution in [-0.2, 0) is 26.3 Å². The molecule has 1 N–H and O–H groups in total. The maximum Gasteiger partial charge on any atom is 0.304 e. The second kappa shape index (κ2) is 13.1. The molecule has 1 aliphatic rings. The van der Waals surface area contributed by atoms with E-state index in [9.17, 15) is 18.0 Å². The molecule has 8 nitrogen and oxygen atoms in total. The van der Waals surface area contributed by atoms with Crippen molar-refractivity contribution in [2.45, 2.75) is 71.0 Å². The Morgan fingerprint density at radius 2 is 1.59 bits per heavy atom. The minimum absolute atomic E-state index is 0.113. The average Bonchev–Trinajstić information content (AvgIpc) is 2.89. The van der Waals surface area contributed by atoms with Crippen molar-refractivity contribution in [2.75, 3.05) is 24.9 Å². The lowest BCUT2D eigenvalue weighted by Gasteiger charge is -2.35. The van der Waals surface area contributed by atoms with Gasteiger partial charge in [-0.25, -0.2) is 4.31 Å². The molecule has 0 heterocycles. The fraction of sp³-hybridized carbons (Fsp3) is 0.500. The van der Waals surface area contributed by atoms with E-state index in [4.69, 9.17) is 0 Å². The molecule has 1 unspecified atom stereocenters. The summed E-state index contributed by atoms with van der Waals surface area (Å²) in [7, 11) is -1.08. The van der Waals surface area contributed by atoms with Crippen molar-refractivity contribution in [1.29, 1.82) is 0 Å². The Labute approximate surface area is 221 Å². The molecule has 1 atom stereocenters. The Morgan fingerprint density at radius 3 is 2.16 bits per heavy atom. The van der Waals surface area contributed by atoms with Crippen LogP contribution in [0.15, 0.2) is 54.6 Å². The first kappa shape index (κ1) is 28.7. The number of rotatable bonds is 11. The lowest BCUT2D eigenvalue weighted by molar-refractivity contribution is -0.140. The van der Waals surface area contributed by atoms with Crippen molar-refractivity contribution in [3.8, 4) is 0 Å². The molecule has 9 heteroatoms. The minimum atomic E-state index is -3.96. The van der Waals surface area contributed by atoms with Gasteiger partial charge >= 0.3 is 10.2 Å². The van der Waals surface area contributed by atoms with Gasteiger partial charge in [0, 0.05) is 26.7 Å². The standard InChI is InChI=1S/C28H40N4O4S/c1-5-26(28(34)29-24-12-8-6-9-13-24)31(20-23-18-16-22(2)17-19-23)27(33)21-32(37(35,36)30(3)4)25-14-10-7-11-15-25/h7,10-11,14-19,24,26H,5-6,8-9,12-13,20-21H2,1-4H3,(H,29,34). The van der Waals surface area contributed by atoms with E-state index in [-0.39, 0.29) is 18.5 Å². The first-order valence-electron chi connectivity index (χ1n) is 13.0. The number of amides is 2. The zero-order chi connectivity index (χ0) is 27.0. The van der Waals surface area contributed by atoms with E-state index < -0.39 is 28.7 Å². The van der Waals surface area contributed by atoms with Crippen LogP contribution in [0.25, 0.3) is 0 Å². The number of nitrogens with zero attached hydrogens (tertiary/aromatic N) is 3. The third-order valence-electron chi connectivity index (χ3n) is 6.87. The minimum Gasteiger partial charge on any atom is -0.352 e. The first-order valence-corrected chi connectivity index (χ1v) is 14.4. The molecule has 3 rings (SSSR count). The quantitative estimate of drug-likeness (QED) is 0.480. The number of anilines is 1. The molecule has 2 aromatic rings. The van der Waals surface area contributed by atoms with Crippen LogP contribution in [0.5, 0.6) is 0 Å². The number of carbonyl (C=O) groups excluding carboxylic acids is 2. The molecule has 0 bridgehead atoms. The maximum atomic E-state index is 13.9. The number of hydrogen-bond donors (Lipinski definition) is 1. The summed E-state index contributed by atoms with van der Waals surface area (Å²) in [5.41, 5.74) is 2.36. The Bertz CT molecular complexity index is 1130. The molecule has 0 aliphatic heterocycles. The topological polar surface area (TPSA) is 90.0 Å². The second-order valence-electron chi connectivity index (χ2n) is 9.91. The van der Waals surface area contributed by atoms with Gasteiger partial charge in [-0.15, -0.1) is 0 Å². The summed E-state index contributed by atoms with van der Waals surface area (Å²) in [6.07, 6.45) is 5.65. The highest BCUT2D eigenvalue weighted by Crippen LogP contribution is 2.22. The van der Waals surface area contributed by atoms with Gasteiger partial charge in [0.15, 0.2) is 0 Å². The summed E-state index contributed by atoms with van der Waals surface area (Å²) in [4.78, 5) is 28.9. The highest BCUT2D eigenvalue weighted by Gasteiger charge is 2.34. The monoisotopic (exact) mass is 528 g/mol. The summed E-state index contributed by atoms with van der Waals surface area (Å²) in [6.45, 7) is 3.67. The molecule has 1 saturated carbocycles. The highest BCUT2D eigenvalue weighted by atomic mass is 32.2. The fourth-order valence-corrected chi connectivity index (χ4v) is 5.72. The van der Waals surface area contributed by atoms with E-state index >= 15 is 0 Å². The van der Waals surface area contributed by atoms with Gasteiger partial charge in [-0.3, -0.25) is 9.59 Å². The Balaban J connectivity index is 1.93. The van der Waals surface area contributed by atoms with Gasteiger partial charge in [0.1, 0.15) is 12.6 Å². The van der Waals surface area contributed by atoms with Crippen LogP contribution >= 0.6 is 0 Å². The van der Waals surface area contributed by atoms with Crippen molar-refractivity contribution in [3.63, 3.8) is 0 Å². The molecule has 2 aromatic carbocycles. The van der Waals surface area contributed by atoms with Crippen LogP contribution in [0.3, 0.4) is 0 Å². The molecule has 1 fully saturated rings. The predicted molar refractivity (Wildman–Crippen MR) is 147 cm³/mol. The Morgan fingerprint density at radius 1 is 0.973 bits per heavy atom. The van der Waals surface area contributed by atoms with Crippen molar-refractivity contribution < 1.29 is 18.0 Å². The predicted octanol–water partition coefficient (Wildman–Crippen LogP) is 3.86. The van der Waals surface area contributed by atoms with E-state index in [1.807, 2.05) is 38.1 Å². The summed E-state index contributed by atoms with van der Waals surface area (Å²) in [6, 6.07) is 15.8. The molecule has 1 aliphatic carbocycles. The first-order chi connectivity index (χ1) is 17.6. The van der Waals surface area contributed by atoms with Gasteiger partial charge in [0.2, 0.25) is 11.8 Å². The maximum absolute atomic E-state index is 13.9. The molecule has 2 amide bonds. The van der Waals surface area contributed by atoms with Crippen molar-refractivity contribution in [1.82, 2.24) is 14.5 Å². The molecule has 202 valence electrons. The zero-order valence-electron chi connectivity index (χ0n) is 22.4. The van der Waals surface area contributed by atoms with Crippen LogP contribution in [0, 0.1) is 6.92 Å². The highest BCUT2D eigenvalue weighted by molar-refractivity contribution is 7.90. The summed E-state index contributed by atoms with van der Waals surface area (Å²) in [5, 5.41) is 3.16. The van der Waals surface area contributed by atoms with Gasteiger partial charge in [0.25, 0.3) is 0 Å². The second-order valence-corrected chi connectivity index (χ2v) is 12.0.